The highest BCUT2D eigenvalue weighted by molar-refractivity contribution is 5.94. The quantitative estimate of drug-likeness (QED) is 0.822. The molecule has 3 rings (SSSR count). The Hall–Kier alpha value is -2.47. The van der Waals surface area contributed by atoms with E-state index in [0.717, 1.165) is 43.9 Å². The standard InChI is InChI=1S/C20H22F2N2O2/c1-26-17-5-2-15(3-6-17)8-9-23-10-12-24(13-11-23)20(25)16-4-7-18(21)19(22)14-16/h2-7,14H,8-13H2,1H3. The molecule has 26 heavy (non-hydrogen) atoms. The van der Waals surface area contributed by atoms with E-state index in [0.29, 0.717) is 13.1 Å². The summed E-state index contributed by atoms with van der Waals surface area (Å²) in [4.78, 5) is 16.4. The minimum Gasteiger partial charge on any atom is -0.497 e. The van der Waals surface area contributed by atoms with Crippen molar-refractivity contribution in [3.8, 4) is 5.75 Å². The van der Waals surface area contributed by atoms with Crippen LogP contribution in [0.3, 0.4) is 0 Å². The average Bonchev–Trinajstić information content (AvgIpc) is 2.69. The number of hydrogen-bond acceptors (Lipinski definition) is 3. The van der Waals surface area contributed by atoms with Gasteiger partial charge in [0.25, 0.3) is 5.91 Å². The number of piperazine rings is 1. The molecule has 138 valence electrons. The predicted octanol–water partition coefficient (Wildman–Crippen LogP) is 2.97. The van der Waals surface area contributed by atoms with Crippen LogP contribution in [0.4, 0.5) is 8.78 Å². The second-order valence-electron chi connectivity index (χ2n) is 6.36. The molecule has 0 saturated carbocycles. The molecule has 0 bridgehead atoms. The van der Waals surface area contributed by atoms with Crippen molar-refractivity contribution < 1.29 is 18.3 Å². The van der Waals surface area contributed by atoms with Crippen molar-refractivity contribution in [3.05, 3.63) is 65.2 Å². The van der Waals surface area contributed by atoms with Gasteiger partial charge < -0.3 is 9.64 Å². The molecule has 0 aromatic heterocycles. The Kier molecular flexibility index (Phi) is 5.83. The van der Waals surface area contributed by atoms with Crippen LogP contribution in [0.25, 0.3) is 0 Å². The number of benzene rings is 2. The largest absolute Gasteiger partial charge is 0.497 e. The van der Waals surface area contributed by atoms with Gasteiger partial charge in [0.2, 0.25) is 0 Å². The van der Waals surface area contributed by atoms with E-state index >= 15 is 0 Å². The van der Waals surface area contributed by atoms with Crippen molar-refractivity contribution in [2.24, 2.45) is 0 Å². The van der Waals surface area contributed by atoms with E-state index in [9.17, 15) is 13.6 Å². The highest BCUT2D eigenvalue weighted by Crippen LogP contribution is 2.14. The molecular formula is C20H22F2N2O2. The molecule has 1 aliphatic rings. The Bertz CT molecular complexity index is 757. The van der Waals surface area contributed by atoms with E-state index < -0.39 is 11.6 Å². The first-order valence-electron chi connectivity index (χ1n) is 8.66. The molecule has 0 atom stereocenters. The molecule has 0 N–H and O–H groups in total. The summed E-state index contributed by atoms with van der Waals surface area (Å²) in [6, 6.07) is 11.3. The van der Waals surface area contributed by atoms with Crippen LogP contribution in [-0.2, 0) is 6.42 Å². The van der Waals surface area contributed by atoms with Crippen molar-refractivity contribution in [1.29, 1.82) is 0 Å². The zero-order chi connectivity index (χ0) is 18.5. The Morgan fingerprint density at radius 2 is 1.69 bits per heavy atom. The molecule has 0 radical (unpaired) electrons. The van der Waals surface area contributed by atoms with E-state index in [1.54, 1.807) is 12.0 Å². The van der Waals surface area contributed by atoms with Crippen LogP contribution in [0.1, 0.15) is 15.9 Å². The molecule has 1 amide bonds. The number of methoxy groups -OCH3 is 1. The van der Waals surface area contributed by atoms with Crippen LogP contribution in [0, 0.1) is 11.6 Å². The zero-order valence-corrected chi connectivity index (χ0v) is 14.8. The third-order valence-electron chi connectivity index (χ3n) is 4.70. The fourth-order valence-electron chi connectivity index (χ4n) is 3.07. The Balaban J connectivity index is 1.48. The van der Waals surface area contributed by atoms with Crippen LogP contribution >= 0.6 is 0 Å². The van der Waals surface area contributed by atoms with Crippen LogP contribution in [0.15, 0.2) is 42.5 Å². The summed E-state index contributed by atoms with van der Waals surface area (Å²) in [5.74, 6) is -1.34. The topological polar surface area (TPSA) is 32.8 Å². The molecule has 0 aliphatic carbocycles. The number of halogens is 2. The molecule has 1 saturated heterocycles. The third-order valence-corrected chi connectivity index (χ3v) is 4.70. The minimum atomic E-state index is -0.992. The highest BCUT2D eigenvalue weighted by Gasteiger charge is 2.22. The van der Waals surface area contributed by atoms with Gasteiger partial charge >= 0.3 is 0 Å². The number of carbonyl (C=O) groups excluding carboxylic acids is 1. The molecule has 6 heteroatoms. The number of nitrogens with zero attached hydrogens (tertiary/aromatic N) is 2. The normalized spacial score (nSPS) is 15.1. The summed E-state index contributed by atoms with van der Waals surface area (Å²) >= 11 is 0. The maximum absolute atomic E-state index is 13.3. The molecule has 1 aliphatic heterocycles. The molecule has 1 heterocycles. The minimum absolute atomic E-state index is 0.190. The van der Waals surface area contributed by atoms with Gasteiger partial charge in [-0.05, 0) is 42.3 Å². The second kappa shape index (κ2) is 8.27. The van der Waals surface area contributed by atoms with Gasteiger partial charge in [-0.25, -0.2) is 8.78 Å². The van der Waals surface area contributed by atoms with Crippen molar-refractivity contribution in [3.63, 3.8) is 0 Å². The Morgan fingerprint density at radius 3 is 2.31 bits per heavy atom. The van der Waals surface area contributed by atoms with Crippen LogP contribution in [0.5, 0.6) is 5.75 Å². The van der Waals surface area contributed by atoms with E-state index in [2.05, 4.69) is 17.0 Å². The first-order valence-corrected chi connectivity index (χ1v) is 8.66. The van der Waals surface area contributed by atoms with Gasteiger partial charge in [0.15, 0.2) is 11.6 Å². The first-order chi connectivity index (χ1) is 12.6. The van der Waals surface area contributed by atoms with Gasteiger partial charge in [0.05, 0.1) is 7.11 Å². The number of ether oxygens (including phenoxy) is 1. The summed E-state index contributed by atoms with van der Waals surface area (Å²) in [5, 5.41) is 0. The summed E-state index contributed by atoms with van der Waals surface area (Å²) < 4.78 is 31.5. The van der Waals surface area contributed by atoms with Crippen molar-refractivity contribution in [1.82, 2.24) is 9.80 Å². The third kappa shape index (κ3) is 4.38. The van der Waals surface area contributed by atoms with E-state index in [1.807, 2.05) is 12.1 Å². The van der Waals surface area contributed by atoms with Gasteiger partial charge in [-0.15, -0.1) is 0 Å². The monoisotopic (exact) mass is 360 g/mol. The molecule has 0 spiro atoms. The lowest BCUT2D eigenvalue weighted by atomic mass is 10.1. The van der Waals surface area contributed by atoms with E-state index in [-0.39, 0.29) is 11.5 Å². The van der Waals surface area contributed by atoms with Crippen LogP contribution < -0.4 is 4.74 Å². The summed E-state index contributed by atoms with van der Waals surface area (Å²) in [6.45, 7) is 3.62. The molecule has 2 aromatic carbocycles. The lowest BCUT2D eigenvalue weighted by molar-refractivity contribution is 0.0638. The SMILES string of the molecule is COc1ccc(CCN2CCN(C(=O)c3ccc(F)c(F)c3)CC2)cc1. The predicted molar refractivity (Wildman–Crippen MR) is 95.4 cm³/mol. The lowest BCUT2D eigenvalue weighted by Gasteiger charge is -2.34. The fourth-order valence-corrected chi connectivity index (χ4v) is 3.07. The summed E-state index contributed by atoms with van der Waals surface area (Å²) in [6.07, 6.45) is 0.932. The van der Waals surface area contributed by atoms with Crippen LogP contribution in [0.2, 0.25) is 0 Å². The smallest absolute Gasteiger partial charge is 0.254 e. The highest BCUT2D eigenvalue weighted by atomic mass is 19.2. The fraction of sp³-hybridized carbons (Fsp3) is 0.350. The Morgan fingerprint density at radius 1 is 1.00 bits per heavy atom. The van der Waals surface area contributed by atoms with Gasteiger partial charge in [-0.3, -0.25) is 9.69 Å². The maximum atomic E-state index is 13.3. The average molecular weight is 360 g/mol. The van der Waals surface area contributed by atoms with Gasteiger partial charge in [-0.1, -0.05) is 12.1 Å². The zero-order valence-electron chi connectivity index (χ0n) is 14.8. The maximum Gasteiger partial charge on any atom is 0.254 e. The first kappa shape index (κ1) is 18.3. The van der Waals surface area contributed by atoms with Gasteiger partial charge in [-0.2, -0.15) is 0 Å². The molecule has 1 fully saturated rings. The summed E-state index contributed by atoms with van der Waals surface area (Å²) in [7, 11) is 1.65. The summed E-state index contributed by atoms with van der Waals surface area (Å²) in [5.41, 5.74) is 1.43. The van der Waals surface area contributed by atoms with E-state index in [4.69, 9.17) is 4.74 Å². The molecular weight excluding hydrogens is 338 g/mol. The number of carbonyl (C=O) groups is 1. The van der Waals surface area contributed by atoms with Crippen molar-refractivity contribution in [2.75, 3.05) is 39.8 Å². The van der Waals surface area contributed by atoms with Gasteiger partial charge in [0.1, 0.15) is 5.75 Å². The van der Waals surface area contributed by atoms with Crippen molar-refractivity contribution >= 4 is 5.91 Å². The number of amides is 1. The second-order valence-corrected chi connectivity index (χ2v) is 6.36. The number of rotatable bonds is 5. The van der Waals surface area contributed by atoms with Crippen LogP contribution in [-0.4, -0.2) is 55.5 Å². The van der Waals surface area contributed by atoms with Crippen molar-refractivity contribution in [2.45, 2.75) is 6.42 Å². The Labute approximate surface area is 152 Å². The molecule has 4 nitrogen and oxygen atoms in total. The van der Waals surface area contributed by atoms with E-state index in [1.165, 1.54) is 11.6 Å². The lowest BCUT2D eigenvalue weighted by Crippen LogP contribution is -2.49. The van der Waals surface area contributed by atoms with Gasteiger partial charge in [0, 0.05) is 38.3 Å². The number of hydrogen-bond donors (Lipinski definition) is 0. The molecule has 2 aromatic rings. The molecule has 0 unspecified atom stereocenters.